The summed E-state index contributed by atoms with van der Waals surface area (Å²) in [6.45, 7) is 4.01. The van der Waals surface area contributed by atoms with Gasteiger partial charge in [0.1, 0.15) is 5.15 Å². The van der Waals surface area contributed by atoms with Crippen molar-refractivity contribution >= 4 is 11.6 Å². The molecule has 1 heterocycles. The van der Waals surface area contributed by atoms with Gasteiger partial charge >= 0.3 is 0 Å². The second-order valence-electron chi connectivity index (χ2n) is 4.01. The van der Waals surface area contributed by atoms with Crippen LogP contribution >= 0.6 is 11.6 Å². The van der Waals surface area contributed by atoms with Crippen molar-refractivity contribution in [1.82, 2.24) is 10.3 Å². The van der Waals surface area contributed by atoms with E-state index >= 15 is 0 Å². The highest BCUT2D eigenvalue weighted by molar-refractivity contribution is 6.29. The summed E-state index contributed by atoms with van der Waals surface area (Å²) in [5, 5.41) is 4.02. The van der Waals surface area contributed by atoms with E-state index in [0.717, 1.165) is 24.7 Å². The summed E-state index contributed by atoms with van der Waals surface area (Å²) in [4.78, 5) is 4.13. The fraction of sp³-hybridized carbons (Fsp3) is 0.545. The van der Waals surface area contributed by atoms with Crippen LogP contribution in [0.3, 0.4) is 0 Å². The Morgan fingerprint density at radius 3 is 2.93 bits per heavy atom. The van der Waals surface area contributed by atoms with Gasteiger partial charge in [-0.15, -0.1) is 0 Å². The largest absolute Gasteiger partial charge is 0.312 e. The maximum Gasteiger partial charge on any atom is 0.129 e. The van der Waals surface area contributed by atoms with Crippen molar-refractivity contribution in [3.63, 3.8) is 0 Å². The van der Waals surface area contributed by atoms with Gasteiger partial charge in [-0.3, -0.25) is 0 Å². The molecular formula is C11H15ClN2. The summed E-state index contributed by atoms with van der Waals surface area (Å²) in [5.74, 6) is 0.924. The third-order valence-electron chi connectivity index (χ3n) is 2.44. The number of rotatable bonds is 4. The zero-order valence-corrected chi connectivity index (χ0v) is 9.14. The molecule has 14 heavy (non-hydrogen) atoms. The number of hydrogen-bond donors (Lipinski definition) is 1. The third-order valence-corrected chi connectivity index (χ3v) is 2.63. The average Bonchev–Trinajstić information content (AvgIpc) is 2.86. The van der Waals surface area contributed by atoms with Gasteiger partial charge in [0.2, 0.25) is 0 Å². The van der Waals surface area contributed by atoms with Crippen molar-refractivity contribution in [2.45, 2.75) is 26.3 Å². The molecule has 1 aliphatic carbocycles. The zero-order valence-electron chi connectivity index (χ0n) is 8.39. The fourth-order valence-electron chi connectivity index (χ4n) is 1.54. The second-order valence-corrected chi connectivity index (χ2v) is 4.40. The first-order chi connectivity index (χ1) is 6.74. The molecule has 0 amide bonds. The maximum atomic E-state index is 5.87. The molecule has 3 heteroatoms. The second kappa shape index (κ2) is 4.28. The van der Waals surface area contributed by atoms with Crippen LogP contribution in [0.4, 0.5) is 0 Å². The number of nitrogens with one attached hydrogen (secondary N) is 1. The van der Waals surface area contributed by atoms with Gasteiger partial charge in [-0.1, -0.05) is 11.6 Å². The Morgan fingerprint density at radius 1 is 1.50 bits per heavy atom. The highest BCUT2D eigenvalue weighted by Gasteiger charge is 2.20. The SMILES string of the molecule is Cc1cc(CNCC2CC2)cc(Cl)n1. The Bertz CT molecular complexity index is 301. The molecule has 76 valence electrons. The van der Waals surface area contributed by atoms with Gasteiger partial charge in [-0.05, 0) is 49.9 Å². The highest BCUT2D eigenvalue weighted by Crippen LogP contribution is 2.27. The Hall–Kier alpha value is -0.600. The van der Waals surface area contributed by atoms with E-state index in [1.54, 1.807) is 0 Å². The molecule has 0 bridgehead atoms. The van der Waals surface area contributed by atoms with E-state index in [1.165, 1.54) is 18.4 Å². The van der Waals surface area contributed by atoms with Crippen molar-refractivity contribution in [3.8, 4) is 0 Å². The molecule has 0 aliphatic heterocycles. The van der Waals surface area contributed by atoms with E-state index < -0.39 is 0 Å². The lowest BCUT2D eigenvalue weighted by molar-refractivity contribution is 0.638. The number of aryl methyl sites for hydroxylation is 1. The van der Waals surface area contributed by atoms with Crippen LogP contribution in [0.1, 0.15) is 24.1 Å². The molecule has 1 aromatic rings. The number of pyridine rings is 1. The maximum absolute atomic E-state index is 5.87. The topological polar surface area (TPSA) is 24.9 Å². The number of nitrogens with zero attached hydrogens (tertiary/aromatic N) is 1. The van der Waals surface area contributed by atoms with E-state index in [0.29, 0.717) is 5.15 Å². The van der Waals surface area contributed by atoms with E-state index in [-0.39, 0.29) is 0 Å². The van der Waals surface area contributed by atoms with E-state index in [1.807, 2.05) is 13.0 Å². The lowest BCUT2D eigenvalue weighted by atomic mass is 10.2. The molecule has 2 nitrogen and oxygen atoms in total. The van der Waals surface area contributed by atoms with Crippen LogP contribution in [-0.2, 0) is 6.54 Å². The van der Waals surface area contributed by atoms with Gasteiger partial charge in [0.15, 0.2) is 0 Å². The first-order valence-corrected chi connectivity index (χ1v) is 5.45. The Balaban J connectivity index is 1.87. The molecule has 0 aromatic carbocycles. The van der Waals surface area contributed by atoms with Crippen LogP contribution in [0, 0.1) is 12.8 Å². The average molecular weight is 211 g/mol. The summed E-state index contributed by atoms with van der Waals surface area (Å²) in [6, 6.07) is 4.00. The molecule has 0 atom stereocenters. The number of hydrogen-bond acceptors (Lipinski definition) is 2. The first-order valence-electron chi connectivity index (χ1n) is 5.08. The van der Waals surface area contributed by atoms with Crippen LogP contribution in [0.25, 0.3) is 0 Å². The van der Waals surface area contributed by atoms with Crippen molar-refractivity contribution in [3.05, 3.63) is 28.5 Å². The van der Waals surface area contributed by atoms with Crippen LogP contribution < -0.4 is 5.32 Å². The molecule has 1 aromatic heterocycles. The monoisotopic (exact) mass is 210 g/mol. The third kappa shape index (κ3) is 2.96. The standard InChI is InChI=1S/C11H15ClN2/c1-8-4-10(5-11(12)14-8)7-13-6-9-2-3-9/h4-5,9,13H,2-3,6-7H2,1H3. The smallest absolute Gasteiger partial charge is 0.129 e. The minimum atomic E-state index is 0.591. The lowest BCUT2D eigenvalue weighted by Crippen LogP contribution is -2.16. The lowest BCUT2D eigenvalue weighted by Gasteiger charge is -2.05. The highest BCUT2D eigenvalue weighted by atomic mass is 35.5. The predicted molar refractivity (Wildman–Crippen MR) is 58.4 cm³/mol. The molecule has 1 saturated carbocycles. The van der Waals surface area contributed by atoms with Crippen molar-refractivity contribution in [2.75, 3.05) is 6.54 Å². The molecule has 2 rings (SSSR count). The summed E-state index contributed by atoms with van der Waals surface area (Å²) >= 11 is 5.87. The summed E-state index contributed by atoms with van der Waals surface area (Å²) in [5.41, 5.74) is 2.21. The van der Waals surface area contributed by atoms with Crippen LogP contribution in [0.5, 0.6) is 0 Å². The molecule has 1 aliphatic rings. The van der Waals surface area contributed by atoms with Crippen molar-refractivity contribution in [2.24, 2.45) is 5.92 Å². The molecule has 1 fully saturated rings. The van der Waals surface area contributed by atoms with E-state index in [4.69, 9.17) is 11.6 Å². The molecule has 1 N–H and O–H groups in total. The van der Waals surface area contributed by atoms with Crippen LogP contribution in [0.2, 0.25) is 5.15 Å². The van der Waals surface area contributed by atoms with Gasteiger partial charge in [0.25, 0.3) is 0 Å². The molecule has 0 radical (unpaired) electrons. The van der Waals surface area contributed by atoms with Gasteiger partial charge < -0.3 is 5.32 Å². The molecule has 0 unspecified atom stereocenters. The number of aromatic nitrogens is 1. The van der Waals surface area contributed by atoms with Gasteiger partial charge in [-0.2, -0.15) is 0 Å². The predicted octanol–water partition coefficient (Wildman–Crippen LogP) is 2.54. The van der Waals surface area contributed by atoms with E-state index in [2.05, 4.69) is 16.4 Å². The quantitative estimate of drug-likeness (QED) is 0.773. The van der Waals surface area contributed by atoms with Crippen LogP contribution in [0.15, 0.2) is 12.1 Å². The fourth-order valence-corrected chi connectivity index (χ4v) is 1.81. The number of halogens is 1. The zero-order chi connectivity index (χ0) is 9.97. The summed E-state index contributed by atoms with van der Waals surface area (Å²) in [7, 11) is 0. The Kier molecular flexibility index (Phi) is 3.04. The van der Waals surface area contributed by atoms with Crippen LogP contribution in [-0.4, -0.2) is 11.5 Å². The van der Waals surface area contributed by atoms with E-state index in [9.17, 15) is 0 Å². The Labute approximate surface area is 89.7 Å². The van der Waals surface area contributed by atoms with Gasteiger partial charge in [0, 0.05) is 12.2 Å². The minimum Gasteiger partial charge on any atom is -0.312 e. The first kappa shape index (κ1) is 9.94. The Morgan fingerprint density at radius 2 is 2.29 bits per heavy atom. The van der Waals surface area contributed by atoms with Gasteiger partial charge in [0.05, 0.1) is 0 Å². The summed E-state index contributed by atoms with van der Waals surface area (Å²) < 4.78 is 0. The molecule has 0 spiro atoms. The van der Waals surface area contributed by atoms with Gasteiger partial charge in [-0.25, -0.2) is 4.98 Å². The van der Waals surface area contributed by atoms with Crippen molar-refractivity contribution < 1.29 is 0 Å². The molecular weight excluding hydrogens is 196 g/mol. The minimum absolute atomic E-state index is 0.591. The van der Waals surface area contributed by atoms with Crippen molar-refractivity contribution in [1.29, 1.82) is 0 Å². The molecule has 0 saturated heterocycles. The summed E-state index contributed by atoms with van der Waals surface area (Å²) in [6.07, 6.45) is 2.78. The normalized spacial score (nSPS) is 15.9.